The number of carboxylic acids is 1. The zero-order valence-electron chi connectivity index (χ0n) is 8.76. The van der Waals surface area contributed by atoms with Crippen LogP contribution in [0.3, 0.4) is 0 Å². The number of alkyl halides is 5. The molecule has 0 saturated heterocycles. The van der Waals surface area contributed by atoms with Gasteiger partial charge in [-0.2, -0.15) is 13.2 Å². The molecule has 0 saturated carbocycles. The van der Waals surface area contributed by atoms with Crippen LogP contribution in [-0.2, 0) is 6.18 Å². The summed E-state index contributed by atoms with van der Waals surface area (Å²) in [6, 6.07) is 0.0277. The van der Waals surface area contributed by atoms with Gasteiger partial charge in [0.1, 0.15) is 5.56 Å². The lowest BCUT2D eigenvalue weighted by Gasteiger charge is -2.14. The van der Waals surface area contributed by atoms with Crippen molar-refractivity contribution in [2.45, 2.75) is 12.6 Å². The first-order valence-electron chi connectivity index (χ1n) is 4.36. The van der Waals surface area contributed by atoms with Crippen molar-refractivity contribution in [3.05, 3.63) is 22.9 Å². The molecule has 0 aliphatic heterocycles. The van der Waals surface area contributed by atoms with Crippen LogP contribution in [0.5, 0.6) is 5.88 Å². The Bertz CT molecular complexity index is 472. The van der Waals surface area contributed by atoms with E-state index >= 15 is 0 Å². The number of aromatic nitrogens is 1. The zero-order valence-corrected chi connectivity index (χ0v) is 8.76. The van der Waals surface area contributed by atoms with E-state index in [0.29, 0.717) is 0 Å². The molecule has 0 bridgehead atoms. The van der Waals surface area contributed by atoms with E-state index in [9.17, 15) is 26.7 Å². The molecule has 9 heteroatoms. The van der Waals surface area contributed by atoms with Crippen LogP contribution in [-0.4, -0.2) is 23.2 Å². The average Bonchev–Trinajstić information content (AvgIpc) is 2.25. The first-order valence-corrected chi connectivity index (χ1v) is 4.36. The van der Waals surface area contributed by atoms with Crippen molar-refractivity contribution in [1.29, 1.82) is 0 Å². The van der Waals surface area contributed by atoms with Crippen LogP contribution in [0.1, 0.15) is 28.0 Å². The normalized spacial score (nSPS) is 11.7. The maximum absolute atomic E-state index is 12.5. The Morgan fingerprint density at radius 2 is 2.00 bits per heavy atom. The van der Waals surface area contributed by atoms with E-state index in [2.05, 4.69) is 9.72 Å². The maximum Gasteiger partial charge on any atom is 0.421 e. The Morgan fingerprint density at radius 3 is 2.33 bits per heavy atom. The van der Waals surface area contributed by atoms with Crippen molar-refractivity contribution in [1.82, 2.24) is 4.98 Å². The van der Waals surface area contributed by atoms with E-state index in [1.807, 2.05) is 0 Å². The van der Waals surface area contributed by atoms with Gasteiger partial charge in [0, 0.05) is 0 Å². The van der Waals surface area contributed by atoms with Crippen molar-refractivity contribution in [2.75, 3.05) is 7.11 Å². The monoisotopic (exact) mass is 271 g/mol. The molecule has 0 unspecified atom stereocenters. The topological polar surface area (TPSA) is 59.4 Å². The number of methoxy groups -OCH3 is 1. The van der Waals surface area contributed by atoms with Crippen LogP contribution in [0.25, 0.3) is 0 Å². The number of halogens is 5. The summed E-state index contributed by atoms with van der Waals surface area (Å²) in [7, 11) is 0.825. The summed E-state index contributed by atoms with van der Waals surface area (Å²) in [4.78, 5) is 13.6. The van der Waals surface area contributed by atoms with E-state index in [-0.39, 0.29) is 6.07 Å². The van der Waals surface area contributed by atoms with Crippen LogP contribution in [0.2, 0.25) is 0 Å². The number of carbonyl (C=O) groups is 1. The highest BCUT2D eigenvalue weighted by atomic mass is 19.4. The minimum absolute atomic E-state index is 0.0277. The average molecular weight is 271 g/mol. The molecule has 0 radical (unpaired) electrons. The molecule has 1 heterocycles. The summed E-state index contributed by atoms with van der Waals surface area (Å²) in [5, 5.41) is 8.60. The predicted molar refractivity (Wildman–Crippen MR) is 47.7 cm³/mol. The van der Waals surface area contributed by atoms with Gasteiger partial charge in [-0.1, -0.05) is 0 Å². The van der Waals surface area contributed by atoms with Gasteiger partial charge in [-0.3, -0.25) is 0 Å². The number of hydrogen-bond acceptors (Lipinski definition) is 3. The first kappa shape index (κ1) is 14.1. The molecule has 0 aromatic carbocycles. The van der Waals surface area contributed by atoms with Gasteiger partial charge in [0.05, 0.1) is 12.7 Å². The quantitative estimate of drug-likeness (QED) is 0.859. The van der Waals surface area contributed by atoms with Gasteiger partial charge in [0.25, 0.3) is 6.43 Å². The van der Waals surface area contributed by atoms with Crippen LogP contribution in [0.4, 0.5) is 22.0 Å². The SMILES string of the molecule is COc1nc(C(=O)O)c(C(F)F)cc1C(F)(F)F. The molecule has 1 aromatic heterocycles. The lowest BCUT2D eigenvalue weighted by molar-refractivity contribution is -0.139. The molecule has 18 heavy (non-hydrogen) atoms. The third-order valence-corrected chi connectivity index (χ3v) is 1.95. The molecular weight excluding hydrogens is 265 g/mol. The van der Waals surface area contributed by atoms with Gasteiger partial charge in [-0.25, -0.2) is 18.6 Å². The highest BCUT2D eigenvalue weighted by Gasteiger charge is 2.38. The number of rotatable bonds is 3. The van der Waals surface area contributed by atoms with Crippen molar-refractivity contribution in [3.63, 3.8) is 0 Å². The zero-order chi connectivity index (χ0) is 14.1. The summed E-state index contributed by atoms with van der Waals surface area (Å²) < 4.78 is 66.7. The third kappa shape index (κ3) is 2.66. The van der Waals surface area contributed by atoms with Crippen LogP contribution in [0, 0.1) is 0 Å². The molecule has 1 aromatic rings. The van der Waals surface area contributed by atoms with Crippen LogP contribution >= 0.6 is 0 Å². The van der Waals surface area contributed by atoms with E-state index in [4.69, 9.17) is 5.11 Å². The number of aromatic carboxylic acids is 1. The third-order valence-electron chi connectivity index (χ3n) is 1.95. The highest BCUT2D eigenvalue weighted by Crippen LogP contribution is 2.38. The molecule has 4 nitrogen and oxygen atoms in total. The molecule has 0 amide bonds. The number of nitrogens with zero attached hydrogens (tertiary/aromatic N) is 1. The predicted octanol–water partition coefficient (Wildman–Crippen LogP) is 2.74. The smallest absolute Gasteiger partial charge is 0.421 e. The van der Waals surface area contributed by atoms with E-state index < -0.39 is 41.3 Å². The van der Waals surface area contributed by atoms with E-state index in [1.165, 1.54) is 0 Å². The lowest BCUT2D eigenvalue weighted by atomic mass is 10.1. The van der Waals surface area contributed by atoms with Crippen molar-refractivity contribution in [3.8, 4) is 5.88 Å². The second-order valence-electron chi connectivity index (χ2n) is 3.09. The Balaban J connectivity index is 3.57. The largest absolute Gasteiger partial charge is 0.481 e. The first-order chi connectivity index (χ1) is 8.18. The lowest BCUT2D eigenvalue weighted by Crippen LogP contribution is -2.14. The van der Waals surface area contributed by atoms with Gasteiger partial charge >= 0.3 is 12.1 Å². The standard InChI is InChI=1S/C9H6F5NO3/c1-18-7-4(9(12,13)14)2-3(6(10)11)5(15-7)8(16)17/h2,6H,1H3,(H,16,17). The number of carboxylic acid groups (broad SMARTS) is 1. The number of ether oxygens (including phenoxy) is 1. The molecule has 0 aliphatic carbocycles. The fraction of sp³-hybridized carbons (Fsp3) is 0.333. The summed E-state index contributed by atoms with van der Waals surface area (Å²) >= 11 is 0. The van der Waals surface area contributed by atoms with E-state index in [0.717, 1.165) is 7.11 Å². The van der Waals surface area contributed by atoms with Gasteiger partial charge in [0.15, 0.2) is 5.69 Å². The fourth-order valence-corrected chi connectivity index (χ4v) is 1.21. The maximum atomic E-state index is 12.5. The molecule has 0 spiro atoms. The molecule has 100 valence electrons. The molecule has 0 atom stereocenters. The summed E-state index contributed by atoms with van der Waals surface area (Å²) in [5.74, 6) is -2.93. The number of hydrogen-bond donors (Lipinski definition) is 1. The summed E-state index contributed by atoms with van der Waals surface area (Å²) in [6.45, 7) is 0. The van der Waals surface area contributed by atoms with Crippen molar-refractivity contribution < 1.29 is 36.6 Å². The second kappa shape index (κ2) is 4.75. The van der Waals surface area contributed by atoms with E-state index in [1.54, 1.807) is 0 Å². The van der Waals surface area contributed by atoms with Crippen LogP contribution in [0.15, 0.2) is 6.07 Å². The molecule has 1 N–H and O–H groups in total. The van der Waals surface area contributed by atoms with Gasteiger partial charge in [-0.05, 0) is 6.07 Å². The molecule has 0 aliphatic rings. The van der Waals surface area contributed by atoms with Crippen molar-refractivity contribution in [2.24, 2.45) is 0 Å². The van der Waals surface area contributed by atoms with Gasteiger partial charge in [0.2, 0.25) is 5.88 Å². The van der Waals surface area contributed by atoms with Gasteiger partial charge < -0.3 is 9.84 Å². The minimum atomic E-state index is -4.97. The Morgan fingerprint density at radius 1 is 1.44 bits per heavy atom. The summed E-state index contributed by atoms with van der Waals surface area (Å²) in [5.41, 5.74) is -4.03. The summed E-state index contributed by atoms with van der Waals surface area (Å²) in [6.07, 6.45) is -8.37. The highest BCUT2D eigenvalue weighted by molar-refractivity contribution is 5.87. The van der Waals surface area contributed by atoms with Gasteiger partial charge in [-0.15, -0.1) is 0 Å². The Kier molecular flexibility index (Phi) is 3.73. The fourth-order valence-electron chi connectivity index (χ4n) is 1.21. The molecule has 1 rings (SSSR count). The second-order valence-corrected chi connectivity index (χ2v) is 3.09. The molecular formula is C9H6F5NO3. The Hall–Kier alpha value is -1.93. The minimum Gasteiger partial charge on any atom is -0.481 e. The molecule has 0 fully saturated rings. The van der Waals surface area contributed by atoms with Crippen LogP contribution < -0.4 is 4.74 Å². The Labute approximate surface area is 97.0 Å². The van der Waals surface area contributed by atoms with Crippen molar-refractivity contribution >= 4 is 5.97 Å². The number of pyridine rings is 1.